The number of carbonyl (C=O) groups is 1. The Balaban J connectivity index is 2.33. The zero-order chi connectivity index (χ0) is 19.7. The summed E-state index contributed by atoms with van der Waals surface area (Å²) in [6.45, 7) is 5.14. The number of ether oxygens (including phenoxy) is 1. The Hall–Kier alpha value is -2.12. The van der Waals surface area contributed by atoms with Gasteiger partial charge in [-0.2, -0.15) is 13.2 Å². The first kappa shape index (κ1) is 20.2. The number of halogens is 3. The van der Waals surface area contributed by atoms with E-state index in [2.05, 4.69) is 0 Å². The predicted molar refractivity (Wildman–Crippen MR) is 91.6 cm³/mol. The van der Waals surface area contributed by atoms with Crippen LogP contribution in [0.2, 0.25) is 0 Å². The summed E-state index contributed by atoms with van der Waals surface area (Å²) in [5, 5.41) is 9.62. The highest BCUT2D eigenvalue weighted by Gasteiger charge is 2.36. The highest BCUT2D eigenvalue weighted by molar-refractivity contribution is 5.69. The van der Waals surface area contributed by atoms with Gasteiger partial charge in [0.2, 0.25) is 0 Å². The van der Waals surface area contributed by atoms with Crippen LogP contribution >= 0.6 is 0 Å². The molecule has 1 amide bonds. The molecule has 3 N–H and O–H groups in total. The van der Waals surface area contributed by atoms with Crippen molar-refractivity contribution < 1.29 is 27.8 Å². The molecule has 0 aromatic heterocycles. The van der Waals surface area contributed by atoms with Gasteiger partial charge in [0.15, 0.2) is 5.75 Å². The average Bonchev–Trinajstić information content (AvgIpc) is 2.98. The van der Waals surface area contributed by atoms with Gasteiger partial charge < -0.3 is 20.5 Å². The first-order valence-corrected chi connectivity index (χ1v) is 8.56. The average molecular weight is 374 g/mol. The summed E-state index contributed by atoms with van der Waals surface area (Å²) in [4.78, 5) is 14.0. The van der Waals surface area contributed by atoms with E-state index in [-0.39, 0.29) is 23.8 Å². The molecule has 1 aromatic carbocycles. The zero-order valence-electron chi connectivity index (χ0n) is 15.2. The van der Waals surface area contributed by atoms with E-state index in [1.54, 1.807) is 20.8 Å². The number of nitrogens with two attached hydrogens (primary N) is 1. The number of rotatable bonds is 3. The molecule has 5 nitrogen and oxygen atoms in total. The standard InChI is InChI=1S/C18H25F3N2O3/c1-17(2,3)26-16(25)23(12-6-4-5-7-12)10-11-8-13(18(19,20)21)15(24)14(22)9-11/h8-9,12,24H,4-7,10,22H2,1-3H3. The van der Waals surface area contributed by atoms with Crippen molar-refractivity contribution in [3.8, 4) is 5.75 Å². The molecule has 26 heavy (non-hydrogen) atoms. The molecule has 0 aliphatic heterocycles. The Labute approximate surface area is 150 Å². The fourth-order valence-electron chi connectivity index (χ4n) is 3.10. The molecule has 0 atom stereocenters. The number of hydrogen-bond donors (Lipinski definition) is 2. The molecule has 2 rings (SSSR count). The quantitative estimate of drug-likeness (QED) is 0.595. The van der Waals surface area contributed by atoms with Crippen LogP contribution in [0.5, 0.6) is 5.75 Å². The molecule has 0 unspecified atom stereocenters. The molecule has 1 saturated carbocycles. The molecule has 0 radical (unpaired) electrons. The number of anilines is 1. The van der Waals surface area contributed by atoms with E-state index < -0.39 is 29.2 Å². The lowest BCUT2D eigenvalue weighted by Gasteiger charge is -2.32. The first-order valence-electron chi connectivity index (χ1n) is 8.56. The molecule has 146 valence electrons. The van der Waals surface area contributed by atoms with Crippen LogP contribution in [-0.2, 0) is 17.5 Å². The Bertz CT molecular complexity index is 663. The zero-order valence-corrected chi connectivity index (χ0v) is 15.2. The number of nitrogen functional groups attached to an aromatic ring is 1. The van der Waals surface area contributed by atoms with Gasteiger partial charge in [0.25, 0.3) is 0 Å². The molecule has 0 heterocycles. The summed E-state index contributed by atoms with van der Waals surface area (Å²) in [5.41, 5.74) is 3.46. The second-order valence-electron chi connectivity index (χ2n) is 7.63. The van der Waals surface area contributed by atoms with Gasteiger partial charge >= 0.3 is 12.3 Å². The van der Waals surface area contributed by atoms with Crippen LogP contribution in [-0.4, -0.2) is 27.7 Å². The van der Waals surface area contributed by atoms with Crippen molar-refractivity contribution in [2.75, 3.05) is 5.73 Å². The van der Waals surface area contributed by atoms with E-state index in [0.29, 0.717) is 0 Å². The summed E-state index contributed by atoms with van der Waals surface area (Å²) < 4.78 is 44.7. The normalized spacial score (nSPS) is 15.9. The Morgan fingerprint density at radius 1 is 1.27 bits per heavy atom. The molecule has 1 fully saturated rings. The summed E-state index contributed by atoms with van der Waals surface area (Å²) in [6.07, 6.45) is -1.84. The maximum absolute atomic E-state index is 13.1. The topological polar surface area (TPSA) is 75.8 Å². The number of nitrogens with zero attached hydrogens (tertiary/aromatic N) is 1. The van der Waals surface area contributed by atoms with Crippen LogP contribution in [0.3, 0.4) is 0 Å². The fourth-order valence-corrected chi connectivity index (χ4v) is 3.10. The largest absolute Gasteiger partial charge is 0.505 e. The van der Waals surface area contributed by atoms with Gasteiger partial charge in [0.1, 0.15) is 5.60 Å². The van der Waals surface area contributed by atoms with Gasteiger partial charge in [0, 0.05) is 12.6 Å². The number of hydrogen-bond acceptors (Lipinski definition) is 4. The van der Waals surface area contributed by atoms with E-state index in [4.69, 9.17) is 10.5 Å². The molecule has 0 spiro atoms. The fraction of sp³-hybridized carbons (Fsp3) is 0.611. The van der Waals surface area contributed by atoms with Crippen LogP contribution in [0.4, 0.5) is 23.7 Å². The lowest BCUT2D eigenvalue weighted by molar-refractivity contribution is -0.138. The maximum Gasteiger partial charge on any atom is 0.420 e. The van der Waals surface area contributed by atoms with Gasteiger partial charge in [-0.05, 0) is 51.3 Å². The van der Waals surface area contributed by atoms with Crippen molar-refractivity contribution in [1.29, 1.82) is 0 Å². The second kappa shape index (κ2) is 7.25. The minimum absolute atomic E-state index is 0.0624. The van der Waals surface area contributed by atoms with Crippen molar-refractivity contribution in [3.63, 3.8) is 0 Å². The Morgan fingerprint density at radius 3 is 2.35 bits per heavy atom. The molecule has 1 aromatic rings. The molecule has 0 bridgehead atoms. The molecule has 1 aliphatic carbocycles. The summed E-state index contributed by atoms with van der Waals surface area (Å²) >= 11 is 0. The SMILES string of the molecule is CC(C)(C)OC(=O)N(Cc1cc(N)c(O)c(C(F)(F)F)c1)C1CCCC1. The van der Waals surface area contributed by atoms with Crippen LogP contribution in [0.25, 0.3) is 0 Å². The first-order chi connectivity index (χ1) is 11.9. The smallest absolute Gasteiger partial charge is 0.420 e. The van der Waals surface area contributed by atoms with Gasteiger partial charge in [-0.25, -0.2) is 4.79 Å². The molecular formula is C18H25F3N2O3. The minimum Gasteiger partial charge on any atom is -0.505 e. The maximum atomic E-state index is 13.1. The van der Waals surface area contributed by atoms with Gasteiger partial charge in [0.05, 0.1) is 11.3 Å². The molecule has 0 saturated heterocycles. The van der Waals surface area contributed by atoms with Gasteiger partial charge in [-0.3, -0.25) is 0 Å². The van der Waals surface area contributed by atoms with Gasteiger partial charge in [-0.15, -0.1) is 0 Å². The monoisotopic (exact) mass is 374 g/mol. The van der Waals surface area contributed by atoms with Crippen LogP contribution in [0.15, 0.2) is 12.1 Å². The van der Waals surface area contributed by atoms with Crippen LogP contribution < -0.4 is 5.73 Å². The third-order valence-electron chi connectivity index (χ3n) is 4.25. The summed E-state index contributed by atoms with van der Waals surface area (Å²) in [6, 6.07) is 2.00. The number of phenolic OH excluding ortho intramolecular Hbond substituents is 1. The Kier molecular flexibility index (Phi) is 5.63. The lowest BCUT2D eigenvalue weighted by atomic mass is 10.1. The summed E-state index contributed by atoms with van der Waals surface area (Å²) in [5.74, 6) is -0.995. The Morgan fingerprint density at radius 2 is 1.85 bits per heavy atom. The summed E-state index contributed by atoms with van der Waals surface area (Å²) in [7, 11) is 0. The van der Waals surface area contributed by atoms with Crippen molar-refractivity contribution in [1.82, 2.24) is 4.90 Å². The number of aromatic hydroxyl groups is 1. The minimum atomic E-state index is -4.74. The van der Waals surface area contributed by atoms with E-state index in [1.165, 1.54) is 11.0 Å². The second-order valence-corrected chi connectivity index (χ2v) is 7.63. The highest BCUT2D eigenvalue weighted by atomic mass is 19.4. The van der Waals surface area contributed by atoms with E-state index in [1.807, 2.05) is 0 Å². The van der Waals surface area contributed by atoms with E-state index >= 15 is 0 Å². The van der Waals surface area contributed by atoms with Gasteiger partial charge in [-0.1, -0.05) is 12.8 Å². The number of carbonyl (C=O) groups excluding carboxylic acids is 1. The number of benzene rings is 1. The number of amides is 1. The van der Waals surface area contributed by atoms with Crippen molar-refractivity contribution in [2.45, 2.75) is 70.8 Å². The van der Waals surface area contributed by atoms with Crippen LogP contribution in [0, 0.1) is 0 Å². The third-order valence-corrected chi connectivity index (χ3v) is 4.25. The van der Waals surface area contributed by atoms with Crippen molar-refractivity contribution >= 4 is 11.8 Å². The lowest BCUT2D eigenvalue weighted by Crippen LogP contribution is -2.41. The number of alkyl halides is 3. The number of phenols is 1. The molecular weight excluding hydrogens is 349 g/mol. The molecule has 8 heteroatoms. The van der Waals surface area contributed by atoms with Crippen molar-refractivity contribution in [2.24, 2.45) is 0 Å². The van der Waals surface area contributed by atoms with Crippen LogP contribution in [0.1, 0.15) is 57.6 Å². The third kappa shape index (κ3) is 4.95. The van der Waals surface area contributed by atoms with Crippen molar-refractivity contribution in [3.05, 3.63) is 23.3 Å². The predicted octanol–water partition coefficient (Wildman–Crippen LogP) is 4.67. The van der Waals surface area contributed by atoms with E-state index in [0.717, 1.165) is 31.7 Å². The molecule has 1 aliphatic rings. The highest BCUT2D eigenvalue weighted by Crippen LogP contribution is 2.40. The van der Waals surface area contributed by atoms with E-state index in [9.17, 15) is 23.1 Å².